The average Bonchev–Trinajstić information content (AvgIpc) is 3.37. The molecule has 1 aromatic carbocycles. The summed E-state index contributed by atoms with van der Waals surface area (Å²) in [6.07, 6.45) is 3.65. The third kappa shape index (κ3) is 3.49. The monoisotopic (exact) mass is 385 g/mol. The predicted octanol–water partition coefficient (Wildman–Crippen LogP) is 3.37. The van der Waals surface area contributed by atoms with Gasteiger partial charge in [-0.1, -0.05) is 21.9 Å². The Bertz CT molecular complexity index is 914. The van der Waals surface area contributed by atoms with E-state index in [4.69, 9.17) is 20.6 Å². The number of piperidine rings is 3. The fourth-order valence-corrected chi connectivity index (χ4v) is 4.19. The molecule has 5 heterocycles. The van der Waals surface area contributed by atoms with Crippen LogP contribution >= 0.6 is 11.6 Å². The Morgan fingerprint density at radius 3 is 2.37 bits per heavy atom. The number of fused-ring (bicyclic) bond motifs is 3. The molecule has 3 fully saturated rings. The summed E-state index contributed by atoms with van der Waals surface area (Å²) in [5, 5.41) is 8.95. The first kappa shape index (κ1) is 16.9. The molecule has 0 spiro atoms. The molecule has 0 amide bonds. The van der Waals surface area contributed by atoms with Gasteiger partial charge < -0.3 is 13.9 Å². The molecule has 3 saturated heterocycles. The first-order valence-corrected chi connectivity index (χ1v) is 9.76. The Kier molecular flexibility index (Phi) is 4.41. The second-order valence-corrected chi connectivity index (χ2v) is 7.75. The molecule has 27 heavy (non-hydrogen) atoms. The Morgan fingerprint density at radius 2 is 1.67 bits per heavy atom. The molecule has 1 unspecified atom stereocenters. The van der Waals surface area contributed by atoms with Gasteiger partial charge in [-0.05, 0) is 56.1 Å². The van der Waals surface area contributed by atoms with Gasteiger partial charge in [-0.3, -0.25) is 0 Å². The van der Waals surface area contributed by atoms with Crippen LogP contribution in [0.5, 0.6) is 0 Å². The summed E-state index contributed by atoms with van der Waals surface area (Å²) in [5.74, 6) is 3.70. The lowest BCUT2D eigenvalue weighted by Crippen LogP contribution is -2.46. The second-order valence-electron chi connectivity index (χ2n) is 7.31. The highest BCUT2D eigenvalue weighted by atomic mass is 35.5. The van der Waals surface area contributed by atoms with Crippen molar-refractivity contribution in [2.24, 2.45) is 5.92 Å². The van der Waals surface area contributed by atoms with Crippen molar-refractivity contribution in [3.8, 4) is 11.4 Å². The fraction of sp³-hybridized carbons (Fsp3) is 0.474. The molecule has 0 aliphatic carbocycles. The largest absolute Gasteiger partial charge is 0.339 e. The van der Waals surface area contributed by atoms with E-state index in [1.165, 1.54) is 25.9 Å². The van der Waals surface area contributed by atoms with E-state index >= 15 is 0 Å². The van der Waals surface area contributed by atoms with E-state index in [-0.39, 0.29) is 0 Å². The number of hydrogen-bond acceptors (Lipinski definition) is 7. The molecule has 0 radical (unpaired) electrons. The number of nitrogens with zero attached hydrogens (tertiary/aromatic N) is 5. The van der Waals surface area contributed by atoms with Crippen LogP contribution < -0.4 is 0 Å². The molecule has 6 rings (SSSR count). The number of aryl methyl sites for hydroxylation is 2. The summed E-state index contributed by atoms with van der Waals surface area (Å²) in [6.45, 7) is 3.47. The van der Waals surface area contributed by atoms with Gasteiger partial charge in [-0.2, -0.15) is 9.97 Å². The first-order valence-electron chi connectivity index (χ1n) is 9.38. The smallest absolute Gasteiger partial charge is 0.227 e. The summed E-state index contributed by atoms with van der Waals surface area (Å²) >= 11 is 5.91. The summed E-state index contributed by atoms with van der Waals surface area (Å²) in [4.78, 5) is 11.6. The van der Waals surface area contributed by atoms with Crippen LogP contribution in [0.4, 0.5) is 0 Å². The maximum atomic E-state index is 5.91. The lowest BCUT2D eigenvalue weighted by atomic mass is 9.79. The number of benzene rings is 1. The summed E-state index contributed by atoms with van der Waals surface area (Å²) in [6, 6.07) is 7.35. The van der Waals surface area contributed by atoms with Gasteiger partial charge in [0.05, 0.1) is 0 Å². The van der Waals surface area contributed by atoms with Crippen LogP contribution in [0.2, 0.25) is 5.02 Å². The molecule has 0 saturated carbocycles. The van der Waals surface area contributed by atoms with Crippen molar-refractivity contribution >= 4 is 11.6 Å². The topological polar surface area (TPSA) is 81.1 Å². The van der Waals surface area contributed by atoms with Crippen LogP contribution in [0.3, 0.4) is 0 Å². The van der Waals surface area contributed by atoms with Crippen LogP contribution in [0, 0.1) is 5.92 Å². The minimum atomic E-state index is 0.407. The second kappa shape index (κ2) is 7.05. The van der Waals surface area contributed by atoms with Crippen molar-refractivity contribution in [2.75, 3.05) is 19.6 Å². The summed E-state index contributed by atoms with van der Waals surface area (Å²) < 4.78 is 10.8. The fourth-order valence-electron chi connectivity index (χ4n) is 4.06. The number of rotatable bonds is 5. The van der Waals surface area contributed by atoms with Crippen molar-refractivity contribution < 1.29 is 9.05 Å². The van der Waals surface area contributed by atoms with E-state index in [9.17, 15) is 0 Å². The molecular formula is C19H20ClN5O2. The number of aromatic nitrogens is 4. The zero-order chi connectivity index (χ0) is 18.2. The van der Waals surface area contributed by atoms with E-state index in [1.807, 2.05) is 12.1 Å². The Balaban J connectivity index is 1.22. The Hall–Kier alpha value is -2.25. The van der Waals surface area contributed by atoms with Crippen LogP contribution in [0.15, 0.2) is 33.3 Å². The zero-order valence-electron chi connectivity index (χ0n) is 14.8. The maximum Gasteiger partial charge on any atom is 0.227 e. The van der Waals surface area contributed by atoms with Crippen LogP contribution in [0.25, 0.3) is 11.4 Å². The Morgan fingerprint density at radius 1 is 0.963 bits per heavy atom. The third-order valence-electron chi connectivity index (χ3n) is 5.59. The van der Waals surface area contributed by atoms with Gasteiger partial charge in [0.1, 0.15) is 0 Å². The minimum Gasteiger partial charge on any atom is -0.339 e. The van der Waals surface area contributed by atoms with Gasteiger partial charge >= 0.3 is 0 Å². The molecule has 3 aliphatic heterocycles. The van der Waals surface area contributed by atoms with E-state index < -0.39 is 0 Å². The van der Waals surface area contributed by atoms with Crippen molar-refractivity contribution in [1.29, 1.82) is 0 Å². The van der Waals surface area contributed by atoms with E-state index in [0.29, 0.717) is 47.3 Å². The zero-order valence-corrected chi connectivity index (χ0v) is 15.6. The molecule has 7 nitrogen and oxygen atoms in total. The van der Waals surface area contributed by atoms with Crippen molar-refractivity contribution in [3.63, 3.8) is 0 Å². The quantitative estimate of drug-likeness (QED) is 0.665. The highest BCUT2D eigenvalue weighted by molar-refractivity contribution is 6.30. The molecule has 1 atom stereocenters. The molecule has 2 aromatic heterocycles. The first-order chi connectivity index (χ1) is 13.2. The van der Waals surface area contributed by atoms with Gasteiger partial charge in [0.2, 0.25) is 17.6 Å². The van der Waals surface area contributed by atoms with Crippen LogP contribution in [-0.4, -0.2) is 44.8 Å². The normalized spacial score (nSPS) is 24.4. The van der Waals surface area contributed by atoms with Gasteiger partial charge in [-0.15, -0.1) is 0 Å². The predicted molar refractivity (Wildman–Crippen MR) is 98.4 cm³/mol. The minimum absolute atomic E-state index is 0.407. The van der Waals surface area contributed by atoms with Crippen molar-refractivity contribution in [1.82, 2.24) is 25.2 Å². The maximum absolute atomic E-state index is 5.91. The van der Waals surface area contributed by atoms with E-state index in [0.717, 1.165) is 17.9 Å². The number of hydrogen-bond donors (Lipinski definition) is 0. The molecule has 8 heteroatoms. The van der Waals surface area contributed by atoms with Crippen molar-refractivity contribution in [3.05, 3.63) is 46.9 Å². The SMILES string of the molecule is Clc1ccc(-c2noc(CCc3nc(C4CN5CCC4CC5)no3)n2)cc1. The van der Waals surface area contributed by atoms with Gasteiger partial charge in [0, 0.05) is 35.9 Å². The van der Waals surface area contributed by atoms with Crippen LogP contribution in [-0.2, 0) is 12.8 Å². The summed E-state index contributed by atoms with van der Waals surface area (Å²) in [5.41, 5.74) is 0.872. The lowest BCUT2D eigenvalue weighted by Gasteiger charge is -2.43. The summed E-state index contributed by atoms with van der Waals surface area (Å²) in [7, 11) is 0. The van der Waals surface area contributed by atoms with Gasteiger partial charge in [-0.25, -0.2) is 0 Å². The molecule has 3 aliphatic rings. The van der Waals surface area contributed by atoms with E-state index in [1.54, 1.807) is 12.1 Å². The highest BCUT2D eigenvalue weighted by Gasteiger charge is 2.37. The molecule has 3 aromatic rings. The van der Waals surface area contributed by atoms with Gasteiger partial charge in [0.25, 0.3) is 0 Å². The lowest BCUT2D eigenvalue weighted by molar-refractivity contribution is 0.0825. The van der Waals surface area contributed by atoms with Gasteiger partial charge in [0.15, 0.2) is 5.82 Å². The number of halogens is 1. The molecule has 2 bridgehead atoms. The molecule has 0 N–H and O–H groups in total. The highest BCUT2D eigenvalue weighted by Crippen LogP contribution is 2.37. The molecule has 140 valence electrons. The average molecular weight is 386 g/mol. The standard InChI is InChI=1S/C19H20ClN5O2/c20-14-3-1-13(2-4-14)18-21-16(26-23-18)5-6-17-22-19(24-27-17)15-11-25-9-7-12(15)8-10-25/h1-4,12,15H,5-11H2. The van der Waals surface area contributed by atoms with E-state index in [2.05, 4.69) is 25.2 Å². The van der Waals surface area contributed by atoms with Crippen LogP contribution in [0.1, 0.15) is 36.4 Å². The molecular weight excluding hydrogens is 366 g/mol. The van der Waals surface area contributed by atoms with Crippen molar-refractivity contribution in [2.45, 2.75) is 31.6 Å². The Labute approximate surface area is 161 Å². The third-order valence-corrected chi connectivity index (χ3v) is 5.85.